The van der Waals surface area contributed by atoms with Crippen LogP contribution in [-0.2, 0) is 10.0 Å². The Labute approximate surface area is 168 Å². The van der Waals surface area contributed by atoms with Gasteiger partial charge in [0, 0.05) is 23.9 Å². The van der Waals surface area contributed by atoms with Crippen LogP contribution in [0.25, 0.3) is 0 Å². The second kappa shape index (κ2) is 8.18. The van der Waals surface area contributed by atoms with Crippen LogP contribution in [-0.4, -0.2) is 46.4 Å². The summed E-state index contributed by atoms with van der Waals surface area (Å²) in [5, 5.41) is -0.496. The molecule has 0 amide bonds. The van der Waals surface area contributed by atoms with Crippen LogP contribution >= 0.6 is 11.8 Å². The third-order valence-electron chi connectivity index (χ3n) is 4.57. The lowest BCUT2D eigenvalue weighted by Crippen LogP contribution is -2.31. The fourth-order valence-corrected chi connectivity index (χ4v) is 6.67. The summed E-state index contributed by atoms with van der Waals surface area (Å²) in [4.78, 5) is 0.0980. The van der Waals surface area contributed by atoms with Gasteiger partial charge in [0.2, 0.25) is 10.0 Å². The first-order valence-electron chi connectivity index (χ1n) is 8.53. The highest BCUT2D eigenvalue weighted by Gasteiger charge is 2.39. The molecule has 1 unspecified atom stereocenters. The minimum atomic E-state index is -3.83. The molecule has 9 heteroatoms. The van der Waals surface area contributed by atoms with Gasteiger partial charge in [0.05, 0.1) is 31.6 Å². The summed E-state index contributed by atoms with van der Waals surface area (Å²) in [6.07, 6.45) is 0. The maximum Gasteiger partial charge on any atom is 0.244 e. The lowest BCUT2D eigenvalue weighted by atomic mass is 10.1. The molecule has 0 N–H and O–H groups in total. The van der Waals surface area contributed by atoms with Gasteiger partial charge in [-0.1, -0.05) is 0 Å². The Hall–Kier alpha value is -1.97. The van der Waals surface area contributed by atoms with Gasteiger partial charge in [-0.2, -0.15) is 4.31 Å². The highest BCUT2D eigenvalue weighted by Crippen LogP contribution is 2.48. The highest BCUT2D eigenvalue weighted by atomic mass is 32.2. The SMILES string of the molecule is COc1cc(OC)c(C2SCCN2S(=O)(=O)c2ccc(F)cc2C)cc1OC. The summed E-state index contributed by atoms with van der Waals surface area (Å²) >= 11 is 1.49. The Kier molecular flexibility index (Phi) is 6.07. The van der Waals surface area contributed by atoms with Crippen molar-refractivity contribution >= 4 is 21.8 Å². The molecule has 1 atom stereocenters. The number of halogens is 1. The van der Waals surface area contributed by atoms with Crippen LogP contribution in [0.5, 0.6) is 17.2 Å². The summed E-state index contributed by atoms with van der Waals surface area (Å²) in [5.74, 6) is 1.65. The Morgan fingerprint density at radius 3 is 2.29 bits per heavy atom. The maximum absolute atomic E-state index is 13.5. The molecule has 3 rings (SSSR count). The average Bonchev–Trinajstić information content (AvgIpc) is 3.17. The van der Waals surface area contributed by atoms with Crippen LogP contribution in [0.1, 0.15) is 16.5 Å². The van der Waals surface area contributed by atoms with Gasteiger partial charge in [0.1, 0.15) is 11.6 Å². The first kappa shape index (κ1) is 20.8. The van der Waals surface area contributed by atoms with Crippen molar-refractivity contribution in [1.29, 1.82) is 0 Å². The Bertz CT molecular complexity index is 981. The van der Waals surface area contributed by atoms with Crippen molar-refractivity contribution in [3.63, 3.8) is 0 Å². The molecule has 28 heavy (non-hydrogen) atoms. The van der Waals surface area contributed by atoms with Crippen LogP contribution in [0.15, 0.2) is 35.2 Å². The number of hydrogen-bond donors (Lipinski definition) is 0. The standard InChI is InChI=1S/C19H22FNO5S2/c1-12-9-13(20)5-6-18(12)28(22,23)21-7-8-27-19(21)14-10-16(25-3)17(26-4)11-15(14)24-2/h5-6,9-11,19H,7-8H2,1-4H3. The molecule has 1 aliphatic rings. The number of aryl methyl sites for hydroxylation is 1. The number of hydrogen-bond acceptors (Lipinski definition) is 6. The molecule has 0 radical (unpaired) electrons. The van der Waals surface area contributed by atoms with Crippen molar-refractivity contribution < 1.29 is 27.0 Å². The Balaban J connectivity index is 2.08. The van der Waals surface area contributed by atoms with E-state index >= 15 is 0 Å². The lowest BCUT2D eigenvalue weighted by Gasteiger charge is -2.26. The van der Waals surface area contributed by atoms with Crippen molar-refractivity contribution in [3.05, 3.63) is 47.3 Å². The summed E-state index contributed by atoms with van der Waals surface area (Å²) in [7, 11) is 0.739. The number of rotatable bonds is 6. The van der Waals surface area contributed by atoms with E-state index in [1.165, 1.54) is 49.5 Å². The molecule has 1 heterocycles. The predicted octanol–water partition coefficient (Wildman–Crippen LogP) is 3.60. The van der Waals surface area contributed by atoms with E-state index in [2.05, 4.69) is 0 Å². The number of benzene rings is 2. The average molecular weight is 428 g/mol. The zero-order valence-electron chi connectivity index (χ0n) is 16.1. The number of ether oxygens (including phenoxy) is 3. The van der Waals surface area contributed by atoms with Gasteiger partial charge < -0.3 is 14.2 Å². The quantitative estimate of drug-likeness (QED) is 0.702. The minimum Gasteiger partial charge on any atom is -0.496 e. The first-order valence-corrected chi connectivity index (χ1v) is 11.0. The van der Waals surface area contributed by atoms with Crippen molar-refractivity contribution in [2.24, 2.45) is 0 Å². The number of sulfonamides is 1. The molecular formula is C19H22FNO5S2. The zero-order chi connectivity index (χ0) is 20.5. The Morgan fingerprint density at radius 2 is 1.68 bits per heavy atom. The van der Waals surface area contributed by atoms with E-state index in [9.17, 15) is 12.8 Å². The second-order valence-electron chi connectivity index (χ2n) is 6.20. The van der Waals surface area contributed by atoms with Crippen molar-refractivity contribution in [2.75, 3.05) is 33.6 Å². The number of nitrogens with zero attached hydrogens (tertiary/aromatic N) is 1. The van der Waals surface area contributed by atoms with E-state index < -0.39 is 21.2 Å². The van der Waals surface area contributed by atoms with E-state index in [1.807, 2.05) is 0 Å². The fraction of sp³-hybridized carbons (Fsp3) is 0.368. The monoisotopic (exact) mass is 427 g/mol. The summed E-state index contributed by atoms with van der Waals surface area (Å²) < 4.78 is 57.7. The van der Waals surface area contributed by atoms with Gasteiger partial charge >= 0.3 is 0 Å². The third kappa shape index (κ3) is 3.66. The number of thioether (sulfide) groups is 1. The smallest absolute Gasteiger partial charge is 0.244 e. The van der Waals surface area contributed by atoms with E-state index in [4.69, 9.17) is 14.2 Å². The molecule has 0 bridgehead atoms. The molecular weight excluding hydrogens is 405 g/mol. The predicted molar refractivity (Wildman–Crippen MR) is 106 cm³/mol. The maximum atomic E-state index is 13.5. The molecule has 1 saturated heterocycles. The summed E-state index contributed by atoms with van der Waals surface area (Å²) in [6, 6.07) is 7.12. The molecule has 2 aromatic carbocycles. The minimum absolute atomic E-state index is 0.0980. The van der Waals surface area contributed by atoms with Gasteiger partial charge in [-0.25, -0.2) is 12.8 Å². The molecule has 2 aromatic rings. The second-order valence-corrected chi connectivity index (χ2v) is 9.24. The van der Waals surface area contributed by atoms with Gasteiger partial charge in [-0.3, -0.25) is 0 Å². The largest absolute Gasteiger partial charge is 0.496 e. The first-order chi connectivity index (χ1) is 13.3. The highest BCUT2D eigenvalue weighted by molar-refractivity contribution is 8.01. The lowest BCUT2D eigenvalue weighted by molar-refractivity contribution is 0.344. The van der Waals surface area contributed by atoms with Crippen LogP contribution in [0.2, 0.25) is 0 Å². The van der Waals surface area contributed by atoms with E-state index in [1.54, 1.807) is 19.1 Å². The van der Waals surface area contributed by atoms with Crippen LogP contribution in [0, 0.1) is 12.7 Å². The fourth-order valence-electron chi connectivity index (χ4n) is 3.22. The molecule has 6 nitrogen and oxygen atoms in total. The molecule has 0 saturated carbocycles. The van der Waals surface area contributed by atoms with E-state index in [-0.39, 0.29) is 4.90 Å². The molecule has 0 aromatic heterocycles. The Morgan fingerprint density at radius 1 is 1.04 bits per heavy atom. The summed E-state index contributed by atoms with van der Waals surface area (Å²) in [6.45, 7) is 1.93. The number of methoxy groups -OCH3 is 3. The molecule has 152 valence electrons. The molecule has 0 spiro atoms. The van der Waals surface area contributed by atoms with E-state index in [0.717, 1.165) is 6.07 Å². The third-order valence-corrected chi connectivity index (χ3v) is 7.98. The van der Waals surface area contributed by atoms with Crippen molar-refractivity contribution in [1.82, 2.24) is 4.31 Å². The topological polar surface area (TPSA) is 65.1 Å². The van der Waals surface area contributed by atoms with Gasteiger partial charge in [0.25, 0.3) is 0 Å². The van der Waals surface area contributed by atoms with Crippen LogP contribution in [0.4, 0.5) is 4.39 Å². The summed E-state index contributed by atoms with van der Waals surface area (Å²) in [5.41, 5.74) is 1.04. The van der Waals surface area contributed by atoms with Gasteiger partial charge in [-0.15, -0.1) is 11.8 Å². The van der Waals surface area contributed by atoms with Gasteiger partial charge in [0.15, 0.2) is 11.5 Å². The normalized spacial score (nSPS) is 17.5. The van der Waals surface area contributed by atoms with Crippen LogP contribution < -0.4 is 14.2 Å². The zero-order valence-corrected chi connectivity index (χ0v) is 17.7. The van der Waals surface area contributed by atoms with Crippen molar-refractivity contribution in [2.45, 2.75) is 17.2 Å². The van der Waals surface area contributed by atoms with Gasteiger partial charge in [-0.05, 0) is 36.8 Å². The van der Waals surface area contributed by atoms with Crippen LogP contribution in [0.3, 0.4) is 0 Å². The molecule has 0 aliphatic carbocycles. The molecule has 1 fully saturated rings. The van der Waals surface area contributed by atoms with Crippen molar-refractivity contribution in [3.8, 4) is 17.2 Å². The molecule has 1 aliphatic heterocycles. The van der Waals surface area contributed by atoms with E-state index in [0.29, 0.717) is 40.7 Å².